The van der Waals surface area contributed by atoms with Crippen molar-refractivity contribution in [3.05, 3.63) is 50.6 Å². The van der Waals surface area contributed by atoms with Crippen LogP contribution in [0.15, 0.2) is 40.2 Å². The number of carboxylic acids is 1. The highest BCUT2D eigenvalue weighted by Crippen LogP contribution is 2.23. The third-order valence-corrected chi connectivity index (χ3v) is 4.08. The van der Waals surface area contributed by atoms with Crippen LogP contribution in [0.4, 0.5) is 5.69 Å². The second-order valence-corrected chi connectivity index (χ2v) is 5.64. The Morgan fingerprint density at radius 3 is 2.83 bits per heavy atom. The summed E-state index contributed by atoms with van der Waals surface area (Å²) in [6.07, 6.45) is 0.963. The zero-order valence-corrected chi connectivity index (χ0v) is 11.9. The van der Waals surface area contributed by atoms with Crippen LogP contribution in [0.5, 0.6) is 0 Å². The van der Waals surface area contributed by atoms with Crippen LogP contribution in [0.2, 0.25) is 0 Å². The fourth-order valence-corrected chi connectivity index (χ4v) is 2.79. The van der Waals surface area contributed by atoms with Crippen LogP contribution >= 0.6 is 27.3 Å². The minimum absolute atomic E-state index is 0.283. The molecule has 0 unspecified atom stereocenters. The molecule has 1 aromatic heterocycles. The van der Waals surface area contributed by atoms with E-state index in [4.69, 9.17) is 5.11 Å². The van der Waals surface area contributed by atoms with E-state index < -0.39 is 5.97 Å². The van der Waals surface area contributed by atoms with Crippen molar-refractivity contribution in [1.82, 2.24) is 0 Å². The highest BCUT2D eigenvalue weighted by molar-refractivity contribution is 9.10. The first-order valence-corrected chi connectivity index (χ1v) is 7.13. The molecule has 0 bridgehead atoms. The van der Waals surface area contributed by atoms with Crippen molar-refractivity contribution >= 4 is 38.9 Å². The normalized spacial score (nSPS) is 10.3. The molecule has 0 aliphatic rings. The first kappa shape index (κ1) is 13.1. The van der Waals surface area contributed by atoms with Crippen LogP contribution in [0.25, 0.3) is 0 Å². The van der Waals surface area contributed by atoms with Crippen molar-refractivity contribution in [2.45, 2.75) is 6.42 Å². The summed E-state index contributed by atoms with van der Waals surface area (Å²) in [7, 11) is 0. The molecule has 2 N–H and O–H groups in total. The molecular formula is C13H12BrNO2S. The van der Waals surface area contributed by atoms with Gasteiger partial charge in [-0.05, 0) is 52.0 Å². The number of hydrogen-bond donors (Lipinski definition) is 2. The number of thiophene rings is 1. The van der Waals surface area contributed by atoms with Gasteiger partial charge >= 0.3 is 5.97 Å². The Hall–Kier alpha value is -1.33. The van der Waals surface area contributed by atoms with Gasteiger partial charge in [-0.15, -0.1) is 11.3 Å². The fraction of sp³-hybridized carbons (Fsp3) is 0.154. The molecule has 0 spiro atoms. The number of anilines is 1. The SMILES string of the molecule is O=C(O)c1ccc(NCCc2cccs2)c(Br)c1. The lowest BCUT2D eigenvalue weighted by molar-refractivity contribution is 0.0697. The monoisotopic (exact) mass is 325 g/mol. The van der Waals surface area contributed by atoms with E-state index in [1.165, 1.54) is 4.88 Å². The second kappa shape index (κ2) is 6.02. The molecule has 1 aromatic carbocycles. The average Bonchev–Trinajstić information content (AvgIpc) is 2.84. The number of benzene rings is 1. The zero-order chi connectivity index (χ0) is 13.0. The summed E-state index contributed by atoms with van der Waals surface area (Å²) in [5.74, 6) is -0.916. The minimum Gasteiger partial charge on any atom is -0.478 e. The maximum Gasteiger partial charge on any atom is 0.335 e. The number of nitrogens with one attached hydrogen (secondary N) is 1. The quantitative estimate of drug-likeness (QED) is 0.877. The van der Waals surface area contributed by atoms with Crippen molar-refractivity contribution in [3.8, 4) is 0 Å². The molecule has 0 saturated heterocycles. The van der Waals surface area contributed by atoms with Crippen molar-refractivity contribution in [2.75, 3.05) is 11.9 Å². The molecule has 0 aliphatic heterocycles. The van der Waals surface area contributed by atoms with E-state index in [-0.39, 0.29) is 5.56 Å². The molecule has 2 rings (SSSR count). The van der Waals surface area contributed by atoms with Gasteiger partial charge in [0.25, 0.3) is 0 Å². The Morgan fingerprint density at radius 1 is 1.39 bits per heavy atom. The number of carboxylic acid groups (broad SMARTS) is 1. The summed E-state index contributed by atoms with van der Waals surface area (Å²) in [5.41, 5.74) is 1.20. The Kier molecular flexibility index (Phi) is 4.38. The molecule has 2 aromatic rings. The van der Waals surface area contributed by atoms with Gasteiger partial charge in [0, 0.05) is 21.6 Å². The molecule has 0 amide bonds. The predicted octanol–water partition coefficient (Wildman–Crippen LogP) is 3.86. The first-order valence-electron chi connectivity index (χ1n) is 5.46. The van der Waals surface area contributed by atoms with Gasteiger partial charge < -0.3 is 10.4 Å². The van der Waals surface area contributed by atoms with Crippen molar-refractivity contribution in [1.29, 1.82) is 0 Å². The molecular weight excluding hydrogens is 314 g/mol. The van der Waals surface area contributed by atoms with Crippen LogP contribution < -0.4 is 5.32 Å². The summed E-state index contributed by atoms with van der Waals surface area (Å²) < 4.78 is 0.772. The maximum absolute atomic E-state index is 10.8. The van der Waals surface area contributed by atoms with Crippen LogP contribution in [-0.4, -0.2) is 17.6 Å². The predicted molar refractivity (Wildman–Crippen MR) is 77.6 cm³/mol. The fourth-order valence-electron chi connectivity index (χ4n) is 1.57. The first-order chi connectivity index (χ1) is 8.66. The Bertz CT molecular complexity index is 540. The summed E-state index contributed by atoms with van der Waals surface area (Å²) in [4.78, 5) is 12.1. The van der Waals surface area contributed by atoms with Gasteiger partial charge in [-0.3, -0.25) is 0 Å². The molecule has 0 aliphatic carbocycles. The Morgan fingerprint density at radius 2 is 2.22 bits per heavy atom. The summed E-state index contributed by atoms with van der Waals surface area (Å²) >= 11 is 5.11. The largest absolute Gasteiger partial charge is 0.478 e. The molecule has 1 heterocycles. The van der Waals surface area contributed by atoms with Crippen molar-refractivity contribution in [2.24, 2.45) is 0 Å². The van der Waals surface area contributed by atoms with E-state index in [9.17, 15) is 4.79 Å². The lowest BCUT2D eigenvalue weighted by Crippen LogP contribution is -2.05. The molecule has 5 heteroatoms. The summed E-state index contributed by atoms with van der Waals surface area (Å²) in [6.45, 7) is 0.825. The molecule has 94 valence electrons. The van der Waals surface area contributed by atoms with Gasteiger partial charge in [-0.2, -0.15) is 0 Å². The van der Waals surface area contributed by atoms with Crippen LogP contribution in [0.3, 0.4) is 0 Å². The number of halogens is 1. The molecule has 18 heavy (non-hydrogen) atoms. The Labute approximate surface area is 118 Å². The van der Waals surface area contributed by atoms with Gasteiger partial charge in [-0.1, -0.05) is 6.07 Å². The number of carbonyl (C=O) groups is 1. The van der Waals surface area contributed by atoms with E-state index in [0.717, 1.165) is 23.1 Å². The highest BCUT2D eigenvalue weighted by Gasteiger charge is 2.06. The smallest absolute Gasteiger partial charge is 0.335 e. The highest BCUT2D eigenvalue weighted by atomic mass is 79.9. The second-order valence-electron chi connectivity index (χ2n) is 3.76. The van der Waals surface area contributed by atoms with E-state index in [1.807, 2.05) is 6.07 Å². The van der Waals surface area contributed by atoms with Crippen molar-refractivity contribution < 1.29 is 9.90 Å². The standard InChI is InChI=1S/C13H12BrNO2S/c14-11-8-9(13(16)17)3-4-12(11)15-6-5-10-2-1-7-18-10/h1-4,7-8,15H,5-6H2,(H,16,17). The summed E-state index contributed by atoms with van der Waals surface area (Å²) in [5, 5.41) is 14.2. The third-order valence-electron chi connectivity index (χ3n) is 2.48. The number of rotatable bonds is 5. The van der Waals surface area contributed by atoms with Crippen molar-refractivity contribution in [3.63, 3.8) is 0 Å². The topological polar surface area (TPSA) is 49.3 Å². The Balaban J connectivity index is 1.95. The van der Waals surface area contributed by atoms with E-state index in [0.29, 0.717) is 0 Å². The average molecular weight is 326 g/mol. The lowest BCUT2D eigenvalue weighted by Gasteiger charge is -2.08. The van der Waals surface area contributed by atoms with Gasteiger partial charge in [0.1, 0.15) is 0 Å². The minimum atomic E-state index is -0.916. The maximum atomic E-state index is 10.8. The number of aromatic carboxylic acids is 1. The molecule has 0 fully saturated rings. The molecule has 0 radical (unpaired) electrons. The van der Waals surface area contributed by atoms with Gasteiger partial charge in [0.2, 0.25) is 0 Å². The van der Waals surface area contributed by atoms with Gasteiger partial charge in [0.15, 0.2) is 0 Å². The number of hydrogen-bond acceptors (Lipinski definition) is 3. The zero-order valence-electron chi connectivity index (χ0n) is 9.52. The van der Waals surface area contributed by atoms with Gasteiger partial charge in [0.05, 0.1) is 5.56 Å². The van der Waals surface area contributed by atoms with E-state index in [2.05, 4.69) is 32.7 Å². The molecule has 0 atom stereocenters. The molecule has 3 nitrogen and oxygen atoms in total. The van der Waals surface area contributed by atoms with E-state index in [1.54, 1.807) is 29.5 Å². The van der Waals surface area contributed by atoms with Crippen LogP contribution in [-0.2, 0) is 6.42 Å². The lowest BCUT2D eigenvalue weighted by atomic mass is 10.2. The van der Waals surface area contributed by atoms with E-state index >= 15 is 0 Å². The third kappa shape index (κ3) is 3.34. The van der Waals surface area contributed by atoms with Crippen LogP contribution in [0.1, 0.15) is 15.2 Å². The summed E-state index contributed by atoms with van der Waals surface area (Å²) in [6, 6.07) is 9.13. The molecule has 0 saturated carbocycles. The van der Waals surface area contributed by atoms with Gasteiger partial charge in [-0.25, -0.2) is 4.79 Å². The van der Waals surface area contributed by atoms with Crippen LogP contribution in [0, 0.1) is 0 Å².